The van der Waals surface area contributed by atoms with Crippen LogP contribution in [0.2, 0.25) is 0 Å². The molecule has 5 nitrogen and oxygen atoms in total. The van der Waals surface area contributed by atoms with E-state index in [0.29, 0.717) is 11.4 Å². The van der Waals surface area contributed by atoms with Crippen LogP contribution in [0.4, 0.5) is 18.9 Å². The number of amides is 1. The van der Waals surface area contributed by atoms with Gasteiger partial charge in [0.2, 0.25) is 5.91 Å². The second-order valence-electron chi connectivity index (χ2n) is 5.19. The van der Waals surface area contributed by atoms with Gasteiger partial charge in [-0.3, -0.25) is 10.1 Å². The summed E-state index contributed by atoms with van der Waals surface area (Å²) in [6.45, 7) is 3.53. The molecule has 2 aromatic rings. The number of nitrogens with one attached hydrogen (secondary N) is 2. The van der Waals surface area contributed by atoms with Crippen LogP contribution in [-0.4, -0.2) is 18.3 Å². The average Bonchev–Trinajstić information content (AvgIpc) is 3.02. The monoisotopic (exact) mass is 342 g/mol. The molecule has 0 aliphatic heterocycles. The van der Waals surface area contributed by atoms with Gasteiger partial charge in [-0.2, -0.15) is 0 Å². The van der Waals surface area contributed by atoms with Crippen LogP contribution in [0.25, 0.3) is 0 Å². The molecule has 2 N–H and O–H groups in total. The Balaban J connectivity index is 1.89. The highest BCUT2D eigenvalue weighted by molar-refractivity contribution is 5.94. The highest BCUT2D eigenvalue weighted by Gasteiger charge is 2.31. The van der Waals surface area contributed by atoms with Gasteiger partial charge < -0.3 is 14.5 Å². The molecule has 2 atom stereocenters. The van der Waals surface area contributed by atoms with E-state index < -0.39 is 12.4 Å². The van der Waals surface area contributed by atoms with Gasteiger partial charge in [0.05, 0.1) is 18.3 Å². The molecular formula is C16H17F3N2O3. The molecular weight excluding hydrogens is 325 g/mol. The molecule has 8 heteroatoms. The SMILES string of the molecule is C[C@@H](N[C@H](C)c1ccco1)C(=O)Nc1ccc(OC(F)(F)F)cc1. The molecule has 0 spiro atoms. The first-order chi connectivity index (χ1) is 11.2. The van der Waals surface area contributed by atoms with Crippen molar-refractivity contribution in [3.63, 3.8) is 0 Å². The van der Waals surface area contributed by atoms with Crippen LogP contribution in [-0.2, 0) is 4.79 Å². The highest BCUT2D eigenvalue weighted by atomic mass is 19.4. The van der Waals surface area contributed by atoms with Gasteiger partial charge in [0.25, 0.3) is 0 Å². The number of carbonyl (C=O) groups is 1. The summed E-state index contributed by atoms with van der Waals surface area (Å²) in [6, 6.07) is 7.78. The van der Waals surface area contributed by atoms with E-state index in [4.69, 9.17) is 4.42 Å². The lowest BCUT2D eigenvalue weighted by atomic mass is 10.2. The lowest BCUT2D eigenvalue weighted by Crippen LogP contribution is -2.39. The molecule has 0 aliphatic rings. The van der Waals surface area contributed by atoms with E-state index in [1.807, 2.05) is 6.92 Å². The van der Waals surface area contributed by atoms with Gasteiger partial charge in [-0.15, -0.1) is 13.2 Å². The van der Waals surface area contributed by atoms with Crippen LogP contribution < -0.4 is 15.4 Å². The molecule has 0 saturated carbocycles. The molecule has 1 heterocycles. The third-order valence-electron chi connectivity index (χ3n) is 3.22. The predicted octanol–water partition coefficient (Wildman–Crippen LogP) is 3.86. The standard InChI is InChI=1S/C16H17F3N2O3/c1-10(14-4-3-9-23-14)20-11(2)15(22)21-12-5-7-13(8-6-12)24-16(17,18)19/h3-11,20H,1-2H3,(H,21,22)/t10-,11-/m1/s1. The molecule has 1 amide bonds. The van der Waals surface area contributed by atoms with E-state index in [2.05, 4.69) is 15.4 Å². The zero-order valence-corrected chi connectivity index (χ0v) is 13.1. The van der Waals surface area contributed by atoms with Gasteiger partial charge in [0.15, 0.2) is 0 Å². The number of hydrogen-bond donors (Lipinski definition) is 2. The Hall–Kier alpha value is -2.48. The number of furan rings is 1. The zero-order valence-electron chi connectivity index (χ0n) is 13.1. The van der Waals surface area contributed by atoms with Gasteiger partial charge in [-0.1, -0.05) is 0 Å². The van der Waals surface area contributed by atoms with E-state index >= 15 is 0 Å². The number of anilines is 1. The molecule has 2 rings (SSSR count). The van der Waals surface area contributed by atoms with E-state index in [9.17, 15) is 18.0 Å². The second-order valence-corrected chi connectivity index (χ2v) is 5.19. The number of ether oxygens (including phenoxy) is 1. The highest BCUT2D eigenvalue weighted by Crippen LogP contribution is 2.24. The first-order valence-corrected chi connectivity index (χ1v) is 7.21. The first-order valence-electron chi connectivity index (χ1n) is 7.21. The fourth-order valence-corrected chi connectivity index (χ4v) is 2.06. The minimum absolute atomic E-state index is 0.164. The number of carbonyl (C=O) groups excluding carboxylic acids is 1. The summed E-state index contributed by atoms with van der Waals surface area (Å²) in [5, 5.41) is 5.68. The van der Waals surface area contributed by atoms with Gasteiger partial charge in [-0.05, 0) is 50.2 Å². The molecule has 24 heavy (non-hydrogen) atoms. The van der Waals surface area contributed by atoms with E-state index in [1.54, 1.807) is 25.3 Å². The number of rotatable bonds is 6. The summed E-state index contributed by atoms with van der Waals surface area (Å²) < 4.78 is 45.3. The third kappa shape index (κ3) is 5.31. The predicted molar refractivity (Wildman–Crippen MR) is 81.5 cm³/mol. The number of benzene rings is 1. The van der Waals surface area contributed by atoms with Gasteiger partial charge >= 0.3 is 6.36 Å². The summed E-state index contributed by atoms with van der Waals surface area (Å²) >= 11 is 0. The van der Waals surface area contributed by atoms with Crippen molar-refractivity contribution in [2.45, 2.75) is 32.3 Å². The van der Waals surface area contributed by atoms with Crippen molar-refractivity contribution in [2.24, 2.45) is 0 Å². The Kier molecular flexibility index (Phi) is 5.50. The van der Waals surface area contributed by atoms with Crippen LogP contribution in [0, 0.1) is 0 Å². The fraction of sp³-hybridized carbons (Fsp3) is 0.312. The smallest absolute Gasteiger partial charge is 0.468 e. The Morgan fingerprint density at radius 1 is 1.17 bits per heavy atom. The lowest BCUT2D eigenvalue weighted by Gasteiger charge is -2.18. The topological polar surface area (TPSA) is 63.5 Å². The van der Waals surface area contributed by atoms with Crippen molar-refractivity contribution in [1.29, 1.82) is 0 Å². The van der Waals surface area contributed by atoms with Gasteiger partial charge in [0.1, 0.15) is 11.5 Å². The molecule has 0 saturated heterocycles. The molecule has 0 fully saturated rings. The number of alkyl halides is 3. The van der Waals surface area contributed by atoms with E-state index in [0.717, 1.165) is 12.1 Å². The van der Waals surface area contributed by atoms with Crippen molar-refractivity contribution in [3.8, 4) is 5.75 Å². The molecule has 0 radical (unpaired) electrons. The first kappa shape index (κ1) is 17.9. The van der Waals surface area contributed by atoms with Crippen LogP contribution in [0.1, 0.15) is 25.6 Å². The largest absolute Gasteiger partial charge is 0.573 e. The van der Waals surface area contributed by atoms with Crippen LogP contribution in [0.5, 0.6) is 5.75 Å². The number of hydrogen-bond acceptors (Lipinski definition) is 4. The maximum absolute atomic E-state index is 12.1. The van der Waals surface area contributed by atoms with Crippen molar-refractivity contribution in [3.05, 3.63) is 48.4 Å². The Morgan fingerprint density at radius 3 is 2.38 bits per heavy atom. The van der Waals surface area contributed by atoms with E-state index in [-0.39, 0.29) is 17.7 Å². The summed E-state index contributed by atoms with van der Waals surface area (Å²) in [7, 11) is 0. The average molecular weight is 342 g/mol. The van der Waals surface area contributed by atoms with Crippen LogP contribution >= 0.6 is 0 Å². The molecule has 0 unspecified atom stereocenters. The maximum atomic E-state index is 12.1. The van der Waals surface area contributed by atoms with Crippen molar-refractivity contribution >= 4 is 11.6 Å². The summed E-state index contributed by atoms with van der Waals surface area (Å²) in [6.07, 6.45) is -3.20. The lowest BCUT2D eigenvalue weighted by molar-refractivity contribution is -0.274. The Morgan fingerprint density at radius 2 is 1.83 bits per heavy atom. The molecule has 1 aromatic carbocycles. The van der Waals surface area contributed by atoms with Crippen molar-refractivity contribution < 1.29 is 27.1 Å². The molecule has 0 bridgehead atoms. The maximum Gasteiger partial charge on any atom is 0.573 e. The third-order valence-corrected chi connectivity index (χ3v) is 3.22. The second kappa shape index (κ2) is 7.39. The van der Waals surface area contributed by atoms with Crippen LogP contribution in [0.15, 0.2) is 47.1 Å². The molecule has 0 aliphatic carbocycles. The van der Waals surface area contributed by atoms with E-state index in [1.165, 1.54) is 12.1 Å². The van der Waals surface area contributed by atoms with Crippen molar-refractivity contribution in [1.82, 2.24) is 5.32 Å². The van der Waals surface area contributed by atoms with Crippen LogP contribution in [0.3, 0.4) is 0 Å². The quantitative estimate of drug-likeness (QED) is 0.837. The normalized spacial score (nSPS) is 14.0. The summed E-state index contributed by atoms with van der Waals surface area (Å²) in [5.41, 5.74) is 0.369. The fourth-order valence-electron chi connectivity index (χ4n) is 2.06. The van der Waals surface area contributed by atoms with Gasteiger partial charge in [0, 0.05) is 5.69 Å². The zero-order chi connectivity index (χ0) is 17.7. The van der Waals surface area contributed by atoms with Gasteiger partial charge in [-0.25, -0.2) is 0 Å². The van der Waals surface area contributed by atoms with Crippen molar-refractivity contribution in [2.75, 3.05) is 5.32 Å². The molecule has 130 valence electrons. The Labute approximate surface area is 136 Å². The minimum Gasteiger partial charge on any atom is -0.468 e. The number of halogens is 3. The minimum atomic E-state index is -4.74. The molecule has 1 aromatic heterocycles. The Bertz CT molecular complexity index is 654. The summed E-state index contributed by atoms with van der Waals surface area (Å²) in [5.74, 6) is 0.0271. The summed E-state index contributed by atoms with van der Waals surface area (Å²) in [4.78, 5) is 12.1.